The minimum atomic E-state index is -1.12. The summed E-state index contributed by atoms with van der Waals surface area (Å²) in [7, 11) is 3.18. The SMILES string of the molecule is CCC(C)(I)C[C@H](OC)[C@@H](O)[C@@H](O)Cn1ccc(NC)nc1=O. The van der Waals surface area contributed by atoms with Crippen molar-refractivity contribution >= 4 is 28.4 Å². The lowest BCUT2D eigenvalue weighted by atomic mass is 9.95. The van der Waals surface area contributed by atoms with Crippen LogP contribution in [-0.2, 0) is 11.3 Å². The number of halogens is 1. The molecule has 0 spiro atoms. The van der Waals surface area contributed by atoms with Gasteiger partial charge in [0.2, 0.25) is 0 Å². The van der Waals surface area contributed by atoms with E-state index in [0.29, 0.717) is 12.2 Å². The van der Waals surface area contributed by atoms with Crippen molar-refractivity contribution in [2.75, 3.05) is 19.5 Å². The molecule has 0 saturated carbocycles. The highest BCUT2D eigenvalue weighted by molar-refractivity contribution is 14.1. The normalized spacial score (nSPS) is 18.0. The predicted octanol–water partition coefficient (Wildman–Crippen LogP) is 1.02. The summed E-state index contributed by atoms with van der Waals surface area (Å²) < 4.78 is 6.58. The van der Waals surface area contributed by atoms with E-state index >= 15 is 0 Å². The third-order valence-corrected chi connectivity index (χ3v) is 5.16. The number of aliphatic hydroxyl groups excluding tert-OH is 2. The maximum atomic E-state index is 11.9. The lowest BCUT2D eigenvalue weighted by Gasteiger charge is -2.31. The fourth-order valence-electron chi connectivity index (χ4n) is 2.17. The van der Waals surface area contributed by atoms with Gasteiger partial charge in [0.15, 0.2) is 0 Å². The van der Waals surface area contributed by atoms with Gasteiger partial charge in [-0.05, 0) is 18.9 Å². The van der Waals surface area contributed by atoms with Crippen LogP contribution in [0.5, 0.6) is 0 Å². The van der Waals surface area contributed by atoms with Gasteiger partial charge in [0.25, 0.3) is 0 Å². The Balaban J connectivity index is 2.79. The average Bonchev–Trinajstić information content (AvgIpc) is 2.53. The van der Waals surface area contributed by atoms with Crippen LogP contribution in [0.15, 0.2) is 17.1 Å². The Morgan fingerprint density at radius 2 is 2.17 bits per heavy atom. The lowest BCUT2D eigenvalue weighted by molar-refractivity contribution is -0.0848. The molecule has 0 aliphatic heterocycles. The number of nitrogens with zero attached hydrogens (tertiary/aromatic N) is 2. The zero-order valence-corrected chi connectivity index (χ0v) is 16.1. The van der Waals surface area contributed by atoms with Gasteiger partial charge in [-0.1, -0.05) is 36.4 Å². The molecule has 0 aromatic carbocycles. The number of methoxy groups -OCH3 is 1. The predicted molar refractivity (Wildman–Crippen MR) is 98.2 cm³/mol. The highest BCUT2D eigenvalue weighted by Crippen LogP contribution is 2.30. The fraction of sp³-hybridized carbons (Fsp3) is 0.733. The van der Waals surface area contributed by atoms with Crippen molar-refractivity contribution in [3.8, 4) is 0 Å². The van der Waals surface area contributed by atoms with E-state index in [1.54, 1.807) is 13.1 Å². The van der Waals surface area contributed by atoms with Crippen molar-refractivity contribution in [1.29, 1.82) is 0 Å². The summed E-state index contributed by atoms with van der Waals surface area (Å²) in [4.78, 5) is 15.7. The molecular formula is C15H26IN3O4. The van der Waals surface area contributed by atoms with Gasteiger partial charge in [0.1, 0.15) is 18.0 Å². The van der Waals surface area contributed by atoms with E-state index in [1.165, 1.54) is 17.9 Å². The van der Waals surface area contributed by atoms with Crippen LogP contribution in [-0.4, -0.2) is 55.7 Å². The van der Waals surface area contributed by atoms with Crippen LogP contribution in [0.25, 0.3) is 0 Å². The summed E-state index contributed by atoms with van der Waals surface area (Å²) in [6.45, 7) is 4.10. The number of hydrogen-bond acceptors (Lipinski definition) is 6. The molecule has 1 rings (SSSR count). The summed E-state index contributed by atoms with van der Waals surface area (Å²) in [6, 6.07) is 1.63. The Morgan fingerprint density at radius 3 is 2.65 bits per heavy atom. The van der Waals surface area contributed by atoms with E-state index in [9.17, 15) is 15.0 Å². The molecule has 4 atom stereocenters. The molecule has 0 aliphatic carbocycles. The molecule has 0 saturated heterocycles. The molecule has 0 bridgehead atoms. The number of alkyl halides is 1. The first kappa shape index (κ1) is 20.3. The van der Waals surface area contributed by atoms with Crippen molar-refractivity contribution < 1.29 is 14.9 Å². The first-order valence-corrected chi connectivity index (χ1v) is 8.65. The number of hydrogen-bond donors (Lipinski definition) is 3. The Morgan fingerprint density at radius 1 is 1.52 bits per heavy atom. The lowest BCUT2D eigenvalue weighted by Crippen LogP contribution is -2.44. The van der Waals surface area contributed by atoms with Crippen molar-refractivity contribution in [2.24, 2.45) is 0 Å². The van der Waals surface area contributed by atoms with Gasteiger partial charge >= 0.3 is 5.69 Å². The Bertz CT molecular complexity index is 550. The summed E-state index contributed by atoms with van der Waals surface area (Å²) in [5, 5.41) is 23.4. The number of nitrogens with one attached hydrogen (secondary N) is 1. The average molecular weight is 439 g/mol. The topological polar surface area (TPSA) is 96.6 Å². The standard InChI is InChI=1S/C15H26IN3O4/c1-5-15(2,16)8-11(23-4)13(21)10(20)9-19-7-6-12(17-3)18-14(19)22/h6-7,10-11,13,20-21H,5,8-9H2,1-4H3,(H,17,18,22)/t10-,11-,13-,15?/m0/s1. The monoisotopic (exact) mass is 439 g/mol. The number of ether oxygens (including phenoxy) is 1. The molecule has 1 unspecified atom stereocenters. The Kier molecular flexibility index (Phi) is 7.91. The van der Waals surface area contributed by atoms with E-state index in [2.05, 4.69) is 46.7 Å². The Hall–Kier alpha value is -0.710. The first-order valence-electron chi connectivity index (χ1n) is 7.57. The van der Waals surface area contributed by atoms with Crippen molar-refractivity contribution in [1.82, 2.24) is 9.55 Å². The van der Waals surface area contributed by atoms with Gasteiger partial charge in [-0.2, -0.15) is 4.98 Å². The van der Waals surface area contributed by atoms with Crippen LogP contribution in [0.1, 0.15) is 26.7 Å². The van der Waals surface area contributed by atoms with Crippen LogP contribution in [0.2, 0.25) is 0 Å². The molecule has 0 amide bonds. The molecule has 23 heavy (non-hydrogen) atoms. The van der Waals surface area contributed by atoms with Crippen LogP contribution < -0.4 is 11.0 Å². The van der Waals surface area contributed by atoms with Gasteiger partial charge in [0.05, 0.1) is 12.6 Å². The summed E-state index contributed by atoms with van der Waals surface area (Å²) in [6.07, 6.45) is 0.343. The molecule has 1 aromatic rings. The molecule has 1 heterocycles. The zero-order valence-electron chi connectivity index (χ0n) is 14.0. The highest BCUT2D eigenvalue weighted by atomic mass is 127. The van der Waals surface area contributed by atoms with Gasteiger partial charge < -0.3 is 20.3 Å². The van der Waals surface area contributed by atoms with E-state index in [1.807, 2.05) is 0 Å². The molecule has 0 aliphatic rings. The van der Waals surface area contributed by atoms with Gasteiger partial charge in [-0.3, -0.25) is 4.57 Å². The minimum absolute atomic E-state index is 0.0357. The van der Waals surface area contributed by atoms with Crippen LogP contribution in [0, 0.1) is 0 Å². The third-order valence-electron chi connectivity index (χ3n) is 3.96. The first-order chi connectivity index (χ1) is 10.7. The molecule has 0 fully saturated rings. The second kappa shape index (κ2) is 8.95. The van der Waals surface area contributed by atoms with Gasteiger partial charge in [-0.15, -0.1) is 0 Å². The number of rotatable bonds is 9. The molecule has 8 heteroatoms. The molecule has 1 aromatic heterocycles. The molecule has 0 radical (unpaired) electrons. The van der Waals surface area contributed by atoms with Crippen molar-refractivity contribution in [3.63, 3.8) is 0 Å². The van der Waals surface area contributed by atoms with Gasteiger partial charge in [-0.25, -0.2) is 4.79 Å². The second-order valence-electron chi connectivity index (χ2n) is 5.80. The molecule has 7 nitrogen and oxygen atoms in total. The maximum Gasteiger partial charge on any atom is 0.349 e. The molecular weight excluding hydrogens is 413 g/mol. The maximum absolute atomic E-state index is 11.9. The largest absolute Gasteiger partial charge is 0.388 e. The summed E-state index contributed by atoms with van der Waals surface area (Å²) >= 11 is 2.33. The smallest absolute Gasteiger partial charge is 0.349 e. The summed E-state index contributed by atoms with van der Waals surface area (Å²) in [5.41, 5.74) is -0.482. The zero-order chi connectivity index (χ0) is 17.6. The number of anilines is 1. The molecule has 132 valence electrons. The number of aromatic nitrogens is 2. The third kappa shape index (κ3) is 6.02. The minimum Gasteiger partial charge on any atom is -0.388 e. The van der Waals surface area contributed by atoms with Crippen molar-refractivity contribution in [2.45, 2.75) is 55.0 Å². The second-order valence-corrected chi connectivity index (χ2v) is 8.41. The van der Waals surface area contributed by atoms with E-state index < -0.39 is 24.0 Å². The molecule has 3 N–H and O–H groups in total. The fourth-order valence-corrected chi connectivity index (χ4v) is 2.61. The number of aliphatic hydroxyl groups is 2. The summed E-state index contributed by atoms with van der Waals surface area (Å²) in [5.74, 6) is 0.458. The van der Waals surface area contributed by atoms with E-state index in [-0.39, 0.29) is 9.97 Å². The van der Waals surface area contributed by atoms with E-state index in [0.717, 1.165) is 6.42 Å². The quantitative estimate of drug-likeness (QED) is 0.393. The van der Waals surface area contributed by atoms with Gasteiger partial charge in [0, 0.05) is 23.8 Å². The Labute approximate surface area is 150 Å². The van der Waals surface area contributed by atoms with Crippen LogP contribution in [0.4, 0.5) is 5.82 Å². The van der Waals surface area contributed by atoms with Crippen LogP contribution >= 0.6 is 22.6 Å². The van der Waals surface area contributed by atoms with Crippen molar-refractivity contribution in [3.05, 3.63) is 22.7 Å². The van der Waals surface area contributed by atoms with E-state index in [4.69, 9.17) is 4.74 Å². The highest BCUT2D eigenvalue weighted by Gasteiger charge is 2.32. The van der Waals surface area contributed by atoms with Crippen LogP contribution in [0.3, 0.4) is 0 Å².